The van der Waals surface area contributed by atoms with Crippen LogP contribution in [0.5, 0.6) is 5.75 Å². The second-order valence-electron chi connectivity index (χ2n) is 7.24. The normalized spacial score (nSPS) is 11.8. The quantitative estimate of drug-likeness (QED) is 0.477. The predicted molar refractivity (Wildman–Crippen MR) is 119 cm³/mol. The number of fused-ring (bicyclic) bond motifs is 1. The number of amides is 1. The van der Waals surface area contributed by atoms with Crippen LogP contribution in [-0.2, 0) is 11.3 Å². The van der Waals surface area contributed by atoms with Gasteiger partial charge in [0, 0.05) is 36.0 Å². The van der Waals surface area contributed by atoms with Crippen molar-refractivity contribution in [1.82, 2.24) is 10.3 Å². The molecular weight excluding hydrogens is 392 g/mol. The summed E-state index contributed by atoms with van der Waals surface area (Å²) in [6.07, 6.45) is 2.64. The van der Waals surface area contributed by atoms with Gasteiger partial charge >= 0.3 is 5.63 Å². The van der Waals surface area contributed by atoms with E-state index in [1.54, 1.807) is 25.4 Å². The topological polar surface area (TPSA) is 81.4 Å². The van der Waals surface area contributed by atoms with Crippen LogP contribution in [0.1, 0.15) is 18.1 Å². The van der Waals surface area contributed by atoms with Crippen LogP contribution in [0.25, 0.3) is 22.1 Å². The molecule has 0 saturated heterocycles. The van der Waals surface area contributed by atoms with Crippen LogP contribution in [-0.4, -0.2) is 17.0 Å². The minimum atomic E-state index is -0.720. The van der Waals surface area contributed by atoms with Crippen molar-refractivity contribution in [2.75, 3.05) is 0 Å². The van der Waals surface area contributed by atoms with Crippen LogP contribution in [0.4, 0.5) is 0 Å². The van der Waals surface area contributed by atoms with E-state index in [0.717, 1.165) is 22.1 Å². The lowest BCUT2D eigenvalue weighted by molar-refractivity contribution is -0.127. The minimum absolute atomic E-state index is 0.240. The molecule has 31 heavy (non-hydrogen) atoms. The molecule has 4 aromatic rings. The Kier molecular flexibility index (Phi) is 5.80. The zero-order valence-electron chi connectivity index (χ0n) is 17.3. The maximum Gasteiger partial charge on any atom is 0.336 e. The molecule has 2 aromatic carbocycles. The van der Waals surface area contributed by atoms with Gasteiger partial charge in [0.1, 0.15) is 11.3 Å². The highest BCUT2D eigenvalue weighted by Gasteiger charge is 2.18. The van der Waals surface area contributed by atoms with Crippen molar-refractivity contribution >= 4 is 16.9 Å². The Hall–Kier alpha value is -3.93. The fraction of sp³-hybridized carbons (Fsp3) is 0.160. The lowest BCUT2D eigenvalue weighted by Gasteiger charge is -2.17. The minimum Gasteiger partial charge on any atom is -0.480 e. The number of aryl methyl sites for hydroxylation is 1. The molecule has 0 saturated carbocycles. The fourth-order valence-electron chi connectivity index (χ4n) is 3.40. The molecule has 6 heteroatoms. The molecule has 0 spiro atoms. The third-order valence-corrected chi connectivity index (χ3v) is 5.09. The Morgan fingerprint density at radius 2 is 1.84 bits per heavy atom. The predicted octanol–water partition coefficient (Wildman–Crippen LogP) is 4.25. The van der Waals surface area contributed by atoms with E-state index >= 15 is 0 Å². The number of carbonyl (C=O) groups is 1. The SMILES string of the molecule is Cc1c(OC(C)C(=O)NCc2ccncc2)ccc2c(-c3ccccc3)cc(=O)oc12. The molecule has 2 aromatic heterocycles. The molecule has 4 rings (SSSR count). The van der Waals surface area contributed by atoms with Crippen molar-refractivity contribution < 1.29 is 13.9 Å². The van der Waals surface area contributed by atoms with E-state index in [-0.39, 0.29) is 5.91 Å². The highest BCUT2D eigenvalue weighted by Crippen LogP contribution is 2.33. The Bertz CT molecular complexity index is 1270. The number of ether oxygens (including phenoxy) is 1. The molecule has 156 valence electrons. The van der Waals surface area contributed by atoms with Crippen LogP contribution in [0.2, 0.25) is 0 Å². The monoisotopic (exact) mass is 414 g/mol. The molecule has 0 aliphatic heterocycles. The number of hydrogen-bond acceptors (Lipinski definition) is 5. The van der Waals surface area contributed by atoms with Crippen LogP contribution in [0, 0.1) is 6.92 Å². The fourth-order valence-corrected chi connectivity index (χ4v) is 3.40. The molecule has 1 unspecified atom stereocenters. The summed E-state index contributed by atoms with van der Waals surface area (Å²) in [6, 6.07) is 18.5. The van der Waals surface area contributed by atoms with Gasteiger partial charge in [-0.3, -0.25) is 9.78 Å². The Morgan fingerprint density at radius 3 is 2.58 bits per heavy atom. The first kappa shape index (κ1) is 20.3. The van der Waals surface area contributed by atoms with E-state index in [1.165, 1.54) is 6.07 Å². The van der Waals surface area contributed by atoms with Crippen molar-refractivity contribution in [3.63, 3.8) is 0 Å². The van der Waals surface area contributed by atoms with Gasteiger partial charge < -0.3 is 14.5 Å². The molecular formula is C25H22N2O4. The number of nitrogens with one attached hydrogen (secondary N) is 1. The van der Waals surface area contributed by atoms with E-state index in [2.05, 4.69) is 10.3 Å². The molecule has 0 aliphatic rings. The molecule has 1 N–H and O–H groups in total. The van der Waals surface area contributed by atoms with Crippen molar-refractivity contribution in [2.45, 2.75) is 26.5 Å². The first-order valence-electron chi connectivity index (χ1n) is 9.99. The zero-order valence-corrected chi connectivity index (χ0v) is 17.3. The van der Waals surface area contributed by atoms with Crippen LogP contribution < -0.4 is 15.7 Å². The van der Waals surface area contributed by atoms with Gasteiger partial charge in [-0.05, 0) is 54.8 Å². The zero-order chi connectivity index (χ0) is 21.8. The highest BCUT2D eigenvalue weighted by atomic mass is 16.5. The Labute approximate surface area is 179 Å². The van der Waals surface area contributed by atoms with Crippen LogP contribution in [0.15, 0.2) is 82.3 Å². The summed E-state index contributed by atoms with van der Waals surface area (Å²) >= 11 is 0. The molecule has 0 fully saturated rings. The van der Waals surface area contributed by atoms with Crippen LogP contribution in [0.3, 0.4) is 0 Å². The number of hydrogen-bond donors (Lipinski definition) is 1. The molecule has 0 radical (unpaired) electrons. The highest BCUT2D eigenvalue weighted by molar-refractivity contribution is 5.95. The van der Waals surface area contributed by atoms with Gasteiger partial charge in [0.15, 0.2) is 6.10 Å². The molecule has 1 amide bonds. The van der Waals surface area contributed by atoms with Gasteiger partial charge in [0.25, 0.3) is 5.91 Å². The van der Waals surface area contributed by atoms with Gasteiger partial charge in [-0.15, -0.1) is 0 Å². The number of rotatable bonds is 6. The number of nitrogens with zero attached hydrogens (tertiary/aromatic N) is 1. The second kappa shape index (κ2) is 8.83. The third kappa shape index (κ3) is 4.48. The maximum atomic E-state index is 12.5. The van der Waals surface area contributed by atoms with Crippen molar-refractivity contribution in [3.8, 4) is 16.9 Å². The lowest BCUT2D eigenvalue weighted by atomic mass is 10.00. The summed E-state index contributed by atoms with van der Waals surface area (Å²) in [4.78, 5) is 28.6. The van der Waals surface area contributed by atoms with Gasteiger partial charge in [0.2, 0.25) is 0 Å². The van der Waals surface area contributed by atoms with Crippen molar-refractivity contribution in [2.24, 2.45) is 0 Å². The maximum absolute atomic E-state index is 12.5. The molecule has 2 heterocycles. The number of pyridine rings is 1. The number of carbonyl (C=O) groups excluding carboxylic acids is 1. The molecule has 1 atom stereocenters. The van der Waals surface area contributed by atoms with E-state index in [1.807, 2.05) is 55.5 Å². The third-order valence-electron chi connectivity index (χ3n) is 5.09. The largest absolute Gasteiger partial charge is 0.480 e. The first-order valence-corrected chi connectivity index (χ1v) is 9.99. The average molecular weight is 414 g/mol. The number of benzene rings is 2. The lowest BCUT2D eigenvalue weighted by Crippen LogP contribution is -2.36. The number of aromatic nitrogens is 1. The summed E-state index contributed by atoms with van der Waals surface area (Å²) in [6.45, 7) is 3.89. The van der Waals surface area contributed by atoms with E-state index in [9.17, 15) is 9.59 Å². The van der Waals surface area contributed by atoms with Gasteiger partial charge in [0.05, 0.1) is 0 Å². The summed E-state index contributed by atoms with van der Waals surface area (Å²) in [5.41, 5.74) is 3.36. The van der Waals surface area contributed by atoms with Crippen molar-refractivity contribution in [1.29, 1.82) is 0 Å². The standard InChI is InChI=1S/C25H22N2O4/c1-16-22(30-17(2)25(29)27-15-18-10-12-26-13-11-18)9-8-20-21(14-23(28)31-24(16)20)19-6-4-3-5-7-19/h3-14,17H,15H2,1-2H3,(H,27,29). The van der Waals surface area contributed by atoms with E-state index in [0.29, 0.717) is 23.4 Å². The van der Waals surface area contributed by atoms with Crippen LogP contribution >= 0.6 is 0 Å². The first-order chi connectivity index (χ1) is 15.0. The smallest absolute Gasteiger partial charge is 0.336 e. The average Bonchev–Trinajstić information content (AvgIpc) is 2.80. The summed E-state index contributed by atoms with van der Waals surface area (Å²) < 4.78 is 11.4. The van der Waals surface area contributed by atoms with Gasteiger partial charge in [-0.2, -0.15) is 0 Å². The van der Waals surface area contributed by atoms with Crippen molar-refractivity contribution in [3.05, 3.63) is 94.6 Å². The molecule has 0 aliphatic carbocycles. The summed E-state index contributed by atoms with van der Waals surface area (Å²) in [5.74, 6) is 0.253. The van der Waals surface area contributed by atoms with Gasteiger partial charge in [-0.1, -0.05) is 30.3 Å². The van der Waals surface area contributed by atoms with Gasteiger partial charge in [-0.25, -0.2) is 4.79 Å². The molecule has 0 bridgehead atoms. The second-order valence-corrected chi connectivity index (χ2v) is 7.24. The molecule has 6 nitrogen and oxygen atoms in total. The summed E-state index contributed by atoms with van der Waals surface area (Å²) in [5, 5.41) is 3.66. The summed E-state index contributed by atoms with van der Waals surface area (Å²) in [7, 11) is 0. The Morgan fingerprint density at radius 1 is 1.10 bits per heavy atom. The Balaban J connectivity index is 1.58. The van der Waals surface area contributed by atoms with E-state index < -0.39 is 11.7 Å². The van der Waals surface area contributed by atoms with E-state index in [4.69, 9.17) is 9.15 Å².